The van der Waals surface area contributed by atoms with Gasteiger partial charge in [-0.25, -0.2) is 9.78 Å². The van der Waals surface area contributed by atoms with E-state index in [-0.39, 0.29) is 18.4 Å². The number of imidazole rings is 1. The summed E-state index contributed by atoms with van der Waals surface area (Å²) in [4.78, 5) is 27.7. The molecule has 0 atom stereocenters. The third-order valence-electron chi connectivity index (χ3n) is 3.14. The Morgan fingerprint density at radius 3 is 2.84 bits per heavy atom. The SMILES string of the molecule is O=C(O)CC1CN(C(=O)NCCCn2ccnc2)C1. The minimum atomic E-state index is -0.801. The molecule has 19 heavy (non-hydrogen) atoms. The van der Waals surface area contributed by atoms with E-state index < -0.39 is 5.97 Å². The number of aromatic nitrogens is 2. The minimum absolute atomic E-state index is 0.104. The molecule has 2 rings (SSSR count). The fourth-order valence-electron chi connectivity index (χ4n) is 2.10. The van der Waals surface area contributed by atoms with E-state index in [1.807, 2.05) is 10.8 Å². The molecule has 1 aliphatic rings. The maximum atomic E-state index is 11.7. The number of carboxylic acid groups (broad SMARTS) is 1. The van der Waals surface area contributed by atoms with E-state index in [2.05, 4.69) is 10.3 Å². The van der Waals surface area contributed by atoms with Crippen LogP contribution in [0.4, 0.5) is 4.79 Å². The van der Waals surface area contributed by atoms with Gasteiger partial charge in [-0.3, -0.25) is 4.79 Å². The zero-order valence-corrected chi connectivity index (χ0v) is 10.7. The minimum Gasteiger partial charge on any atom is -0.481 e. The second kappa shape index (κ2) is 6.21. The number of amides is 2. The second-order valence-electron chi connectivity index (χ2n) is 4.75. The third-order valence-corrected chi connectivity index (χ3v) is 3.14. The number of urea groups is 1. The summed E-state index contributed by atoms with van der Waals surface area (Å²) >= 11 is 0. The van der Waals surface area contributed by atoms with Crippen LogP contribution in [0, 0.1) is 5.92 Å². The molecule has 0 aliphatic carbocycles. The molecule has 104 valence electrons. The van der Waals surface area contributed by atoms with Crippen molar-refractivity contribution in [2.45, 2.75) is 19.4 Å². The molecule has 0 saturated carbocycles. The van der Waals surface area contributed by atoms with Crippen molar-refractivity contribution in [3.63, 3.8) is 0 Å². The van der Waals surface area contributed by atoms with Gasteiger partial charge in [0.2, 0.25) is 0 Å². The van der Waals surface area contributed by atoms with Crippen LogP contribution in [0.5, 0.6) is 0 Å². The van der Waals surface area contributed by atoms with E-state index in [1.165, 1.54) is 0 Å². The standard InChI is InChI=1S/C12H18N4O3/c17-11(18)6-10-7-16(8-10)12(19)14-2-1-4-15-5-3-13-9-15/h3,5,9-10H,1-2,4,6-8H2,(H,14,19)(H,17,18). The smallest absolute Gasteiger partial charge is 0.317 e. The molecule has 0 bridgehead atoms. The molecule has 0 spiro atoms. The number of carboxylic acids is 1. The summed E-state index contributed by atoms with van der Waals surface area (Å²) in [5.41, 5.74) is 0. The van der Waals surface area contributed by atoms with Gasteiger partial charge in [-0.1, -0.05) is 0 Å². The maximum absolute atomic E-state index is 11.7. The number of hydrogen-bond acceptors (Lipinski definition) is 3. The largest absolute Gasteiger partial charge is 0.481 e. The van der Waals surface area contributed by atoms with Crippen molar-refractivity contribution in [3.05, 3.63) is 18.7 Å². The fourth-order valence-corrected chi connectivity index (χ4v) is 2.10. The van der Waals surface area contributed by atoms with Crippen molar-refractivity contribution in [2.75, 3.05) is 19.6 Å². The van der Waals surface area contributed by atoms with Crippen molar-refractivity contribution < 1.29 is 14.7 Å². The van der Waals surface area contributed by atoms with Crippen LogP contribution >= 0.6 is 0 Å². The Kier molecular flexibility index (Phi) is 4.38. The lowest BCUT2D eigenvalue weighted by Gasteiger charge is -2.38. The van der Waals surface area contributed by atoms with Gasteiger partial charge in [0.15, 0.2) is 0 Å². The molecule has 1 aliphatic heterocycles. The normalized spacial score (nSPS) is 15.1. The number of nitrogens with one attached hydrogen (secondary N) is 1. The zero-order chi connectivity index (χ0) is 13.7. The van der Waals surface area contributed by atoms with Gasteiger partial charge in [0, 0.05) is 44.5 Å². The molecule has 2 amide bonds. The number of aliphatic carboxylic acids is 1. The van der Waals surface area contributed by atoms with Gasteiger partial charge in [-0.15, -0.1) is 0 Å². The first-order chi connectivity index (χ1) is 9.15. The molecule has 2 N–H and O–H groups in total. The van der Waals surface area contributed by atoms with E-state index in [1.54, 1.807) is 17.4 Å². The highest BCUT2D eigenvalue weighted by molar-refractivity contribution is 5.75. The molecule has 0 radical (unpaired) electrons. The summed E-state index contributed by atoms with van der Waals surface area (Å²) in [5.74, 6) is -0.695. The number of carbonyl (C=O) groups excluding carboxylic acids is 1. The first-order valence-corrected chi connectivity index (χ1v) is 6.35. The number of nitrogens with zero attached hydrogens (tertiary/aromatic N) is 3. The summed E-state index contributed by atoms with van der Waals surface area (Å²) in [7, 11) is 0. The molecule has 7 nitrogen and oxygen atoms in total. The van der Waals surface area contributed by atoms with Crippen molar-refractivity contribution in [3.8, 4) is 0 Å². The van der Waals surface area contributed by atoms with Gasteiger partial charge in [0.1, 0.15) is 0 Å². The number of rotatable bonds is 6. The monoisotopic (exact) mass is 266 g/mol. The first kappa shape index (κ1) is 13.4. The van der Waals surface area contributed by atoms with Gasteiger partial charge in [0.05, 0.1) is 12.7 Å². The summed E-state index contributed by atoms with van der Waals surface area (Å²) in [6, 6.07) is -0.104. The molecule has 2 heterocycles. The summed E-state index contributed by atoms with van der Waals surface area (Å²) < 4.78 is 1.96. The number of hydrogen-bond donors (Lipinski definition) is 2. The van der Waals surface area contributed by atoms with E-state index in [4.69, 9.17) is 5.11 Å². The zero-order valence-electron chi connectivity index (χ0n) is 10.7. The van der Waals surface area contributed by atoms with Gasteiger partial charge in [0.25, 0.3) is 0 Å². The fraction of sp³-hybridized carbons (Fsp3) is 0.583. The molecule has 1 aromatic rings. The average molecular weight is 266 g/mol. The molecule has 1 aromatic heterocycles. The Hall–Kier alpha value is -2.05. The molecule has 0 aromatic carbocycles. The van der Waals surface area contributed by atoms with Crippen molar-refractivity contribution in [1.29, 1.82) is 0 Å². The Bertz CT molecular complexity index is 426. The highest BCUT2D eigenvalue weighted by Gasteiger charge is 2.31. The number of aryl methyl sites for hydroxylation is 1. The molecule has 1 saturated heterocycles. The van der Waals surface area contributed by atoms with Gasteiger partial charge in [-0.2, -0.15) is 0 Å². The lowest BCUT2D eigenvalue weighted by atomic mass is 9.97. The van der Waals surface area contributed by atoms with Crippen LogP contribution in [0.1, 0.15) is 12.8 Å². The molecular weight excluding hydrogens is 248 g/mol. The Morgan fingerprint density at radius 1 is 1.42 bits per heavy atom. The number of likely N-dealkylation sites (tertiary alicyclic amines) is 1. The van der Waals surface area contributed by atoms with E-state index in [0.29, 0.717) is 19.6 Å². The topological polar surface area (TPSA) is 87.5 Å². The quantitative estimate of drug-likeness (QED) is 0.729. The second-order valence-corrected chi connectivity index (χ2v) is 4.75. The maximum Gasteiger partial charge on any atom is 0.317 e. The van der Waals surface area contributed by atoms with Crippen LogP contribution in [-0.4, -0.2) is 51.2 Å². The van der Waals surface area contributed by atoms with Crippen LogP contribution in [0.3, 0.4) is 0 Å². The van der Waals surface area contributed by atoms with Gasteiger partial charge < -0.3 is 19.9 Å². The lowest BCUT2D eigenvalue weighted by molar-refractivity contribution is -0.139. The average Bonchev–Trinajstić information content (AvgIpc) is 2.81. The third kappa shape index (κ3) is 3.97. The molecule has 1 fully saturated rings. The summed E-state index contributed by atoms with van der Waals surface area (Å²) in [6.45, 7) is 2.51. The van der Waals surface area contributed by atoms with Crippen LogP contribution in [0.25, 0.3) is 0 Å². The van der Waals surface area contributed by atoms with Crippen molar-refractivity contribution >= 4 is 12.0 Å². The van der Waals surface area contributed by atoms with Crippen LogP contribution in [-0.2, 0) is 11.3 Å². The first-order valence-electron chi connectivity index (χ1n) is 6.35. The Morgan fingerprint density at radius 2 is 2.21 bits per heavy atom. The van der Waals surface area contributed by atoms with Crippen LogP contribution in [0.15, 0.2) is 18.7 Å². The van der Waals surface area contributed by atoms with Gasteiger partial charge in [-0.05, 0) is 6.42 Å². The van der Waals surface area contributed by atoms with Crippen molar-refractivity contribution in [2.24, 2.45) is 5.92 Å². The van der Waals surface area contributed by atoms with E-state index >= 15 is 0 Å². The number of carbonyl (C=O) groups is 2. The summed E-state index contributed by atoms with van der Waals surface area (Å²) in [5, 5.41) is 11.4. The van der Waals surface area contributed by atoms with Crippen molar-refractivity contribution in [1.82, 2.24) is 19.8 Å². The highest BCUT2D eigenvalue weighted by Crippen LogP contribution is 2.18. The van der Waals surface area contributed by atoms with Gasteiger partial charge >= 0.3 is 12.0 Å². The summed E-state index contributed by atoms with van der Waals surface area (Å²) in [6.07, 6.45) is 6.33. The Balaban J connectivity index is 1.55. The predicted octanol–water partition coefficient (Wildman–Crippen LogP) is 0.389. The van der Waals surface area contributed by atoms with Crippen LogP contribution in [0.2, 0.25) is 0 Å². The highest BCUT2D eigenvalue weighted by atomic mass is 16.4. The lowest BCUT2D eigenvalue weighted by Crippen LogP contribution is -2.54. The van der Waals surface area contributed by atoms with Crippen LogP contribution < -0.4 is 5.32 Å². The van der Waals surface area contributed by atoms with E-state index in [0.717, 1.165) is 13.0 Å². The molecular formula is C12H18N4O3. The molecule has 0 unspecified atom stereocenters. The Labute approximate surface area is 111 Å². The molecule has 7 heteroatoms. The predicted molar refractivity (Wildman–Crippen MR) is 67.6 cm³/mol. The van der Waals surface area contributed by atoms with E-state index in [9.17, 15) is 9.59 Å².